The number of hydrogen-bond acceptors (Lipinski definition) is 5. The summed E-state index contributed by atoms with van der Waals surface area (Å²) in [5, 5.41) is 0. The molecule has 6 nitrogen and oxygen atoms in total. The molecule has 0 aliphatic heterocycles. The first kappa shape index (κ1) is 17.1. The van der Waals surface area contributed by atoms with E-state index in [0.717, 1.165) is 6.07 Å². The van der Waals surface area contributed by atoms with Crippen molar-refractivity contribution in [1.29, 1.82) is 0 Å². The molecule has 0 amide bonds. The predicted octanol–water partition coefficient (Wildman–Crippen LogP) is 2.97. The monoisotopic (exact) mass is 362 g/mol. The van der Waals surface area contributed by atoms with Gasteiger partial charge in [0.15, 0.2) is 17.3 Å². The van der Waals surface area contributed by atoms with Gasteiger partial charge in [-0.1, -0.05) is 0 Å². The third kappa shape index (κ3) is 3.86. The number of nitrogens with zero attached hydrogens (tertiary/aromatic N) is 1. The molecule has 0 fully saturated rings. The van der Waals surface area contributed by atoms with Gasteiger partial charge in [-0.2, -0.15) is 0 Å². The van der Waals surface area contributed by atoms with Gasteiger partial charge in [0.25, 0.3) is 0 Å². The van der Waals surface area contributed by atoms with E-state index in [4.69, 9.17) is 9.15 Å². The van der Waals surface area contributed by atoms with E-state index in [2.05, 4.69) is 9.71 Å². The Labute approximate surface area is 144 Å². The van der Waals surface area contributed by atoms with Crippen molar-refractivity contribution in [1.82, 2.24) is 9.71 Å². The van der Waals surface area contributed by atoms with E-state index >= 15 is 0 Å². The zero-order valence-electron chi connectivity index (χ0n) is 13.3. The highest BCUT2D eigenvalue weighted by atomic mass is 32.2. The number of hydrogen-bond donors (Lipinski definition) is 1. The Kier molecular flexibility index (Phi) is 4.82. The molecule has 0 aliphatic carbocycles. The van der Waals surface area contributed by atoms with Crippen molar-refractivity contribution in [3.8, 4) is 17.2 Å². The summed E-state index contributed by atoms with van der Waals surface area (Å²) in [5.74, 6) is -0.174. The first-order valence-corrected chi connectivity index (χ1v) is 8.80. The molecule has 0 radical (unpaired) electrons. The maximum absolute atomic E-state index is 13.7. The van der Waals surface area contributed by atoms with Gasteiger partial charge in [0.1, 0.15) is 5.69 Å². The highest BCUT2D eigenvalue weighted by molar-refractivity contribution is 7.89. The van der Waals surface area contributed by atoms with Crippen molar-refractivity contribution in [3.63, 3.8) is 0 Å². The number of methoxy groups -OCH3 is 1. The van der Waals surface area contributed by atoms with Gasteiger partial charge in [0.2, 0.25) is 10.0 Å². The lowest BCUT2D eigenvalue weighted by molar-refractivity contribution is 0.385. The van der Waals surface area contributed by atoms with E-state index in [0.29, 0.717) is 17.0 Å². The van der Waals surface area contributed by atoms with Crippen LogP contribution in [0.4, 0.5) is 4.39 Å². The Morgan fingerprint density at radius 1 is 1.24 bits per heavy atom. The number of rotatable bonds is 6. The summed E-state index contributed by atoms with van der Waals surface area (Å²) in [7, 11) is -2.55. The molecule has 0 bridgehead atoms. The number of halogens is 1. The van der Waals surface area contributed by atoms with Crippen LogP contribution in [-0.2, 0) is 16.6 Å². The van der Waals surface area contributed by atoms with Crippen LogP contribution in [0.5, 0.6) is 5.75 Å². The molecule has 2 aromatic heterocycles. The van der Waals surface area contributed by atoms with Crippen LogP contribution >= 0.6 is 0 Å². The van der Waals surface area contributed by atoms with Crippen LogP contribution in [0.2, 0.25) is 0 Å². The van der Waals surface area contributed by atoms with Gasteiger partial charge in [-0.15, -0.1) is 0 Å². The quantitative estimate of drug-likeness (QED) is 0.729. The van der Waals surface area contributed by atoms with Crippen LogP contribution in [0.15, 0.2) is 64.2 Å². The van der Waals surface area contributed by atoms with E-state index in [9.17, 15) is 12.8 Å². The van der Waals surface area contributed by atoms with Crippen LogP contribution in [0.3, 0.4) is 0 Å². The third-order valence-electron chi connectivity index (χ3n) is 3.50. The fraction of sp³-hybridized carbons (Fsp3) is 0.118. The van der Waals surface area contributed by atoms with Crippen molar-refractivity contribution in [2.24, 2.45) is 0 Å². The molecular weight excluding hydrogens is 347 g/mol. The second-order valence-electron chi connectivity index (χ2n) is 5.15. The second kappa shape index (κ2) is 7.04. The van der Waals surface area contributed by atoms with Crippen LogP contribution in [0.25, 0.3) is 11.5 Å². The molecule has 130 valence electrons. The normalized spacial score (nSPS) is 11.4. The smallest absolute Gasteiger partial charge is 0.240 e. The summed E-state index contributed by atoms with van der Waals surface area (Å²) in [6.07, 6.45) is 3.10. The molecule has 3 rings (SSSR count). The minimum absolute atomic E-state index is 0.0174. The summed E-state index contributed by atoms with van der Waals surface area (Å²) in [6, 6.07) is 10.4. The SMILES string of the molecule is COc1ccc(S(=O)(=O)NCc2ccnc(-c3ccco3)c2)cc1F. The zero-order valence-corrected chi connectivity index (χ0v) is 14.1. The van der Waals surface area contributed by atoms with E-state index in [1.807, 2.05) is 0 Å². The fourth-order valence-electron chi connectivity index (χ4n) is 2.22. The largest absolute Gasteiger partial charge is 0.494 e. The topological polar surface area (TPSA) is 81.4 Å². The molecule has 0 saturated carbocycles. The van der Waals surface area contributed by atoms with Gasteiger partial charge in [-0.3, -0.25) is 4.98 Å². The maximum Gasteiger partial charge on any atom is 0.240 e. The minimum atomic E-state index is -3.86. The molecule has 0 unspecified atom stereocenters. The van der Waals surface area contributed by atoms with Crippen LogP contribution < -0.4 is 9.46 Å². The molecule has 2 heterocycles. The molecule has 1 N–H and O–H groups in total. The van der Waals surface area contributed by atoms with Crippen molar-refractivity contribution >= 4 is 10.0 Å². The minimum Gasteiger partial charge on any atom is -0.494 e. The van der Waals surface area contributed by atoms with Gasteiger partial charge in [-0.25, -0.2) is 17.5 Å². The number of pyridine rings is 1. The fourth-order valence-corrected chi connectivity index (χ4v) is 3.25. The Bertz CT molecular complexity index is 972. The number of benzene rings is 1. The third-order valence-corrected chi connectivity index (χ3v) is 4.90. The average Bonchev–Trinajstić information content (AvgIpc) is 3.15. The standard InChI is InChI=1S/C17H15FN2O4S/c1-23-16-5-4-13(10-14(16)18)25(21,22)20-11-12-6-7-19-15(9-12)17-3-2-8-24-17/h2-10,20H,11H2,1H3. The van der Waals surface area contributed by atoms with Gasteiger partial charge in [0, 0.05) is 12.7 Å². The lowest BCUT2D eigenvalue weighted by atomic mass is 10.2. The Morgan fingerprint density at radius 3 is 2.76 bits per heavy atom. The van der Waals surface area contributed by atoms with Crippen LogP contribution in [-0.4, -0.2) is 20.5 Å². The highest BCUT2D eigenvalue weighted by Gasteiger charge is 2.16. The molecule has 0 spiro atoms. The van der Waals surface area contributed by atoms with E-state index in [-0.39, 0.29) is 17.2 Å². The van der Waals surface area contributed by atoms with Gasteiger partial charge < -0.3 is 9.15 Å². The Balaban J connectivity index is 1.76. The number of sulfonamides is 1. The molecule has 0 aliphatic rings. The first-order chi connectivity index (χ1) is 12.0. The predicted molar refractivity (Wildman–Crippen MR) is 88.9 cm³/mol. The molecular formula is C17H15FN2O4S. The number of nitrogens with one attached hydrogen (secondary N) is 1. The second-order valence-corrected chi connectivity index (χ2v) is 6.91. The van der Waals surface area contributed by atoms with Crippen molar-refractivity contribution in [3.05, 3.63) is 66.3 Å². The Morgan fingerprint density at radius 2 is 2.08 bits per heavy atom. The number of furan rings is 1. The van der Waals surface area contributed by atoms with Crippen molar-refractivity contribution in [2.45, 2.75) is 11.4 Å². The lowest BCUT2D eigenvalue weighted by Gasteiger charge is -2.09. The molecule has 3 aromatic rings. The van der Waals surface area contributed by atoms with E-state index in [1.54, 1.807) is 30.5 Å². The Hall–Kier alpha value is -2.71. The molecule has 0 saturated heterocycles. The first-order valence-electron chi connectivity index (χ1n) is 7.31. The van der Waals surface area contributed by atoms with Crippen LogP contribution in [0.1, 0.15) is 5.56 Å². The average molecular weight is 362 g/mol. The zero-order chi connectivity index (χ0) is 17.9. The molecule has 0 atom stereocenters. The summed E-state index contributed by atoms with van der Waals surface area (Å²) >= 11 is 0. The molecule has 8 heteroatoms. The summed E-state index contributed by atoms with van der Waals surface area (Å²) in [4.78, 5) is 4.01. The van der Waals surface area contributed by atoms with Gasteiger partial charge in [-0.05, 0) is 48.0 Å². The van der Waals surface area contributed by atoms with Gasteiger partial charge in [0.05, 0.1) is 18.3 Å². The number of ether oxygens (including phenoxy) is 1. The summed E-state index contributed by atoms with van der Waals surface area (Å²) < 4.78 is 50.8. The van der Waals surface area contributed by atoms with Crippen LogP contribution in [0, 0.1) is 5.82 Å². The summed E-state index contributed by atoms with van der Waals surface area (Å²) in [5.41, 5.74) is 1.29. The van der Waals surface area contributed by atoms with Crippen molar-refractivity contribution in [2.75, 3.05) is 7.11 Å². The lowest BCUT2D eigenvalue weighted by Crippen LogP contribution is -2.23. The maximum atomic E-state index is 13.7. The molecule has 1 aromatic carbocycles. The van der Waals surface area contributed by atoms with E-state index in [1.165, 1.54) is 25.5 Å². The molecule has 25 heavy (non-hydrogen) atoms. The highest BCUT2D eigenvalue weighted by Crippen LogP contribution is 2.21. The summed E-state index contributed by atoms with van der Waals surface area (Å²) in [6.45, 7) is 0.0339. The van der Waals surface area contributed by atoms with E-state index < -0.39 is 15.8 Å². The van der Waals surface area contributed by atoms with Gasteiger partial charge >= 0.3 is 0 Å². The number of aromatic nitrogens is 1. The van der Waals surface area contributed by atoms with Crippen molar-refractivity contribution < 1.29 is 22.0 Å².